The molecule has 6 aliphatic heterocycles. The van der Waals surface area contributed by atoms with Crippen LogP contribution in [0.5, 0.6) is 0 Å². The van der Waals surface area contributed by atoms with Gasteiger partial charge in [-0.15, -0.1) is 0 Å². The molecule has 0 aromatic rings. The highest BCUT2D eigenvalue weighted by molar-refractivity contribution is 6.20. The largest absolute Gasteiger partial charge is 0.449 e. The van der Waals surface area contributed by atoms with Crippen LogP contribution in [0.25, 0.3) is 0 Å². The van der Waals surface area contributed by atoms with Crippen LogP contribution in [-0.4, -0.2) is 84.2 Å². The number of ketones is 1. The molecule has 7 rings (SSSR count). The third-order valence-electron chi connectivity index (χ3n) is 8.07. The topological polar surface area (TPSA) is 109 Å². The van der Waals surface area contributed by atoms with E-state index < -0.39 is 17.5 Å². The lowest BCUT2D eigenvalue weighted by molar-refractivity contribution is -0.138. The third kappa shape index (κ3) is 1.70. The molecular formula is C20H27N5O4. The summed E-state index contributed by atoms with van der Waals surface area (Å²) >= 11 is 0. The number of piperidine rings is 1. The van der Waals surface area contributed by atoms with Crippen molar-refractivity contribution in [3.05, 3.63) is 11.3 Å². The van der Waals surface area contributed by atoms with Gasteiger partial charge in [-0.3, -0.25) is 14.7 Å². The van der Waals surface area contributed by atoms with Crippen molar-refractivity contribution in [1.29, 1.82) is 0 Å². The number of fused-ring (bicyclic) bond motifs is 2. The molecule has 9 heteroatoms. The number of hydrogen-bond donors (Lipinski definition) is 2. The smallest absolute Gasteiger partial charge is 0.404 e. The minimum Gasteiger partial charge on any atom is -0.449 e. The number of carbonyl (C=O) groups is 2. The second kappa shape index (κ2) is 5.01. The van der Waals surface area contributed by atoms with Crippen molar-refractivity contribution in [2.24, 2.45) is 28.0 Å². The summed E-state index contributed by atoms with van der Waals surface area (Å²) in [6.07, 6.45) is -0.806. The first-order chi connectivity index (χ1) is 13.7. The summed E-state index contributed by atoms with van der Waals surface area (Å²) in [5.74, 6) is -0.310. The Morgan fingerprint density at radius 1 is 1.41 bits per heavy atom. The van der Waals surface area contributed by atoms with Crippen LogP contribution in [0.2, 0.25) is 0 Å². The van der Waals surface area contributed by atoms with Gasteiger partial charge in [0, 0.05) is 49.7 Å². The van der Waals surface area contributed by atoms with E-state index in [2.05, 4.69) is 29.0 Å². The molecule has 0 saturated carbocycles. The van der Waals surface area contributed by atoms with Gasteiger partial charge in [0.1, 0.15) is 12.3 Å². The quantitative estimate of drug-likeness (QED) is 0.624. The second-order valence-corrected chi connectivity index (χ2v) is 9.97. The number of primary amides is 1. The number of piperazine rings is 1. The molecule has 5 saturated heterocycles. The molecule has 7 aliphatic rings. The van der Waals surface area contributed by atoms with Crippen LogP contribution in [0.15, 0.2) is 16.3 Å². The monoisotopic (exact) mass is 401 g/mol. The first-order valence-corrected chi connectivity index (χ1v) is 10.3. The van der Waals surface area contributed by atoms with E-state index in [1.54, 1.807) is 7.11 Å². The van der Waals surface area contributed by atoms with Gasteiger partial charge < -0.3 is 20.5 Å². The lowest BCUT2D eigenvalue weighted by atomic mass is 9.69. The van der Waals surface area contributed by atoms with Crippen molar-refractivity contribution in [2.75, 3.05) is 33.4 Å². The number of aliphatic imine (C=N–C) groups is 1. The summed E-state index contributed by atoms with van der Waals surface area (Å²) in [5.41, 5.74) is 6.35. The molecular weight excluding hydrogens is 374 g/mol. The van der Waals surface area contributed by atoms with Gasteiger partial charge in [-0.1, -0.05) is 13.8 Å². The molecule has 0 aromatic heterocycles. The van der Waals surface area contributed by atoms with E-state index in [0.717, 1.165) is 30.1 Å². The van der Waals surface area contributed by atoms with Gasteiger partial charge in [-0.25, -0.2) is 9.69 Å². The Bertz CT molecular complexity index is 928. The van der Waals surface area contributed by atoms with Crippen LogP contribution in [0, 0.1) is 17.3 Å². The van der Waals surface area contributed by atoms with Gasteiger partial charge in [0.15, 0.2) is 11.4 Å². The molecule has 29 heavy (non-hydrogen) atoms. The molecule has 5 fully saturated rings. The first kappa shape index (κ1) is 17.9. The summed E-state index contributed by atoms with van der Waals surface area (Å²) in [5, 5.41) is 3.51. The SMILES string of the molecule is CO[C@]12[C@H](COC(N)=O)[C@H]3C4=NCC(C)(C)CNC4=C(C)C(=O)[C@@]34N3[C@H](CN14)[C@@H]32. The number of nitrogens with zero attached hydrogens (tertiary/aromatic N) is 3. The van der Waals surface area contributed by atoms with Gasteiger partial charge in [0.2, 0.25) is 0 Å². The Balaban J connectivity index is 1.56. The third-order valence-corrected chi connectivity index (χ3v) is 8.07. The molecule has 156 valence electrons. The Kier molecular flexibility index (Phi) is 3.09. The van der Waals surface area contributed by atoms with Crippen molar-refractivity contribution >= 4 is 17.6 Å². The summed E-state index contributed by atoms with van der Waals surface area (Å²) in [6, 6.07) is 0.462. The predicted molar refractivity (Wildman–Crippen MR) is 103 cm³/mol. The number of amides is 1. The van der Waals surface area contributed by atoms with E-state index >= 15 is 0 Å². The van der Waals surface area contributed by atoms with Crippen molar-refractivity contribution < 1.29 is 19.1 Å². The molecule has 9 nitrogen and oxygen atoms in total. The van der Waals surface area contributed by atoms with Crippen LogP contribution in [0.3, 0.4) is 0 Å². The van der Waals surface area contributed by atoms with Gasteiger partial charge in [0.05, 0.1) is 23.4 Å². The summed E-state index contributed by atoms with van der Waals surface area (Å²) in [4.78, 5) is 35.0. The normalized spacial score (nSPS) is 49.8. The minimum absolute atomic E-state index is 0.0194. The highest BCUT2D eigenvalue weighted by Gasteiger charge is 2.95. The zero-order chi connectivity index (χ0) is 20.5. The van der Waals surface area contributed by atoms with Crippen LogP contribution >= 0.6 is 0 Å². The Morgan fingerprint density at radius 3 is 2.83 bits per heavy atom. The van der Waals surface area contributed by atoms with E-state index in [9.17, 15) is 9.59 Å². The summed E-state index contributed by atoms with van der Waals surface area (Å²) in [6.45, 7) is 8.56. The number of nitrogens with one attached hydrogen (secondary N) is 1. The average Bonchev–Trinajstić information content (AvgIpc) is 2.99. The van der Waals surface area contributed by atoms with Gasteiger partial charge >= 0.3 is 6.09 Å². The van der Waals surface area contributed by atoms with Crippen LogP contribution in [0.4, 0.5) is 4.79 Å². The molecule has 3 N–H and O–H groups in total. The minimum atomic E-state index is -0.806. The number of methoxy groups -OCH3 is 1. The van der Waals surface area contributed by atoms with Crippen molar-refractivity contribution in [3.8, 4) is 0 Å². The molecule has 0 aromatic carbocycles. The average molecular weight is 401 g/mol. The number of ether oxygens (including phenoxy) is 2. The molecule has 6 bridgehead atoms. The number of carbonyl (C=O) groups excluding carboxylic acids is 2. The fraction of sp³-hybridized carbons (Fsp3) is 0.750. The predicted octanol–water partition coefficient (Wildman–Crippen LogP) is -0.324. The highest BCUT2D eigenvalue weighted by atomic mass is 16.6. The van der Waals surface area contributed by atoms with Crippen molar-refractivity contribution in [3.63, 3.8) is 0 Å². The molecule has 8 atom stereocenters. The van der Waals surface area contributed by atoms with Crippen molar-refractivity contribution in [2.45, 2.75) is 44.2 Å². The summed E-state index contributed by atoms with van der Waals surface area (Å²) < 4.78 is 11.5. The van der Waals surface area contributed by atoms with E-state index in [1.807, 2.05) is 6.92 Å². The van der Waals surface area contributed by atoms with E-state index in [4.69, 9.17) is 20.2 Å². The fourth-order valence-electron chi connectivity index (χ4n) is 7.06. The zero-order valence-corrected chi connectivity index (χ0v) is 17.2. The number of Topliss-reactive ketones (excluding diaryl/α,β-unsaturated/α-hetero) is 1. The van der Waals surface area contributed by atoms with E-state index in [-0.39, 0.29) is 35.7 Å². The fourth-order valence-corrected chi connectivity index (χ4v) is 7.06. The van der Waals surface area contributed by atoms with Crippen LogP contribution in [-0.2, 0) is 14.3 Å². The Labute approximate surface area is 169 Å². The Morgan fingerprint density at radius 2 is 2.17 bits per heavy atom. The van der Waals surface area contributed by atoms with Crippen molar-refractivity contribution in [1.82, 2.24) is 15.1 Å². The maximum Gasteiger partial charge on any atom is 0.404 e. The van der Waals surface area contributed by atoms with Crippen LogP contribution < -0.4 is 11.1 Å². The standard InChI is InChI=1S/C20H27N5O4/c1-9-13-14(23-8-18(2,3)7-22-13)12-10(6-29-17(21)27)20(28-4)15-11-5-24(20)19(12,16(9)26)25(11)15/h10-12,15,22H,5-8H2,1-4H3,(H2,21,27)/t10-,11-,12+,15-,19+,20+,25?/m1/s1. The van der Waals surface area contributed by atoms with E-state index in [1.165, 1.54) is 0 Å². The van der Waals surface area contributed by atoms with Gasteiger partial charge in [0.25, 0.3) is 0 Å². The van der Waals surface area contributed by atoms with Crippen LogP contribution in [0.1, 0.15) is 20.8 Å². The van der Waals surface area contributed by atoms with E-state index in [0.29, 0.717) is 12.6 Å². The molecule has 6 heterocycles. The van der Waals surface area contributed by atoms with Gasteiger partial charge in [-0.05, 0) is 6.92 Å². The molecule has 1 aliphatic carbocycles. The zero-order valence-electron chi connectivity index (χ0n) is 17.2. The number of rotatable bonds is 3. The number of allylic oxidation sites excluding steroid dienone is 1. The number of nitrogens with two attached hydrogens (primary N) is 1. The number of hydrogen-bond acceptors (Lipinski definition) is 8. The molecule has 1 spiro atoms. The highest BCUT2D eigenvalue weighted by Crippen LogP contribution is 2.75. The maximum absolute atomic E-state index is 13.9. The lowest BCUT2D eigenvalue weighted by Crippen LogP contribution is -2.62. The first-order valence-electron chi connectivity index (χ1n) is 10.3. The Hall–Kier alpha value is -1.97. The van der Waals surface area contributed by atoms with Gasteiger partial charge in [-0.2, -0.15) is 0 Å². The summed E-state index contributed by atoms with van der Waals surface area (Å²) in [7, 11) is 1.70. The molecule has 1 amide bonds. The maximum atomic E-state index is 13.9. The molecule has 0 radical (unpaired) electrons. The molecule has 2 unspecified atom stereocenters. The second-order valence-electron chi connectivity index (χ2n) is 9.97. The lowest BCUT2D eigenvalue weighted by Gasteiger charge is -2.43.